The maximum atomic E-state index is 11.4. The van der Waals surface area contributed by atoms with Crippen LogP contribution in [0.15, 0.2) is 12.1 Å². The average molecular weight is 397 g/mol. The molecule has 2 N–H and O–H groups in total. The number of hydrogen-bond acceptors (Lipinski definition) is 4. The van der Waals surface area contributed by atoms with Gasteiger partial charge < -0.3 is 19.7 Å². The predicted octanol–water partition coefficient (Wildman–Crippen LogP) is 5.38. The standard InChI is InChI=1S/C25H32O4/c1-13-9-15-17(19(26)21(13)28-7)25(11-23(15,3)4)12-24(5,6)16-10-14(2)22(29-8)20(27)18(16)25/h9-10,26-27H,11-12H2,1-8H3. The van der Waals surface area contributed by atoms with Crippen LogP contribution in [0.1, 0.15) is 73.9 Å². The summed E-state index contributed by atoms with van der Waals surface area (Å²) in [7, 11) is 3.19. The Hall–Kier alpha value is -2.36. The van der Waals surface area contributed by atoms with Gasteiger partial charge >= 0.3 is 0 Å². The Labute approximate surface area is 173 Å². The third kappa shape index (κ3) is 2.38. The SMILES string of the molecule is COc1c(C)cc2c(c1O)C1(CC2(C)C)CC(C)(C)c2cc(C)c(OC)c(O)c21. The molecule has 0 atom stereocenters. The Bertz CT molecular complexity index is 947. The second-order valence-corrected chi connectivity index (χ2v) is 10.2. The van der Waals surface area contributed by atoms with E-state index in [1.54, 1.807) is 14.2 Å². The summed E-state index contributed by atoms with van der Waals surface area (Å²) in [6.07, 6.45) is 1.62. The van der Waals surface area contributed by atoms with E-state index in [0.717, 1.165) is 46.2 Å². The van der Waals surface area contributed by atoms with E-state index in [4.69, 9.17) is 9.47 Å². The summed E-state index contributed by atoms with van der Waals surface area (Å²) in [6.45, 7) is 12.8. The van der Waals surface area contributed by atoms with Crippen LogP contribution in [-0.2, 0) is 16.2 Å². The molecule has 0 saturated heterocycles. The molecule has 0 unspecified atom stereocenters. The van der Waals surface area contributed by atoms with Crippen molar-refractivity contribution in [3.05, 3.63) is 45.5 Å². The molecule has 0 heterocycles. The van der Waals surface area contributed by atoms with Crippen LogP contribution >= 0.6 is 0 Å². The highest BCUT2D eigenvalue weighted by atomic mass is 16.5. The molecule has 2 aromatic rings. The lowest BCUT2D eigenvalue weighted by molar-refractivity contribution is 0.324. The molecular weight excluding hydrogens is 364 g/mol. The third-order valence-corrected chi connectivity index (χ3v) is 7.19. The van der Waals surface area contributed by atoms with Gasteiger partial charge in [-0.3, -0.25) is 0 Å². The molecule has 4 heteroatoms. The van der Waals surface area contributed by atoms with Crippen LogP contribution in [0, 0.1) is 13.8 Å². The zero-order valence-corrected chi connectivity index (χ0v) is 18.8. The summed E-state index contributed by atoms with van der Waals surface area (Å²) in [4.78, 5) is 0. The quantitative estimate of drug-likeness (QED) is 0.715. The molecule has 1 spiro atoms. The molecule has 0 fully saturated rings. The van der Waals surface area contributed by atoms with Gasteiger partial charge in [0.15, 0.2) is 23.0 Å². The minimum atomic E-state index is -0.492. The second kappa shape index (κ2) is 5.84. The van der Waals surface area contributed by atoms with Crippen molar-refractivity contribution >= 4 is 0 Å². The average Bonchev–Trinajstić information content (AvgIpc) is 2.94. The number of methoxy groups -OCH3 is 2. The van der Waals surface area contributed by atoms with Gasteiger partial charge in [0, 0.05) is 16.5 Å². The van der Waals surface area contributed by atoms with Gasteiger partial charge in [-0.1, -0.05) is 39.8 Å². The van der Waals surface area contributed by atoms with Gasteiger partial charge in [0.25, 0.3) is 0 Å². The number of aromatic hydroxyl groups is 2. The molecule has 2 aliphatic rings. The van der Waals surface area contributed by atoms with Gasteiger partial charge in [0.1, 0.15) is 0 Å². The molecule has 156 valence electrons. The fraction of sp³-hybridized carbons (Fsp3) is 0.520. The van der Waals surface area contributed by atoms with Crippen LogP contribution in [0.5, 0.6) is 23.0 Å². The van der Waals surface area contributed by atoms with E-state index in [2.05, 4.69) is 39.8 Å². The highest BCUT2D eigenvalue weighted by Gasteiger charge is 2.59. The van der Waals surface area contributed by atoms with Crippen molar-refractivity contribution in [1.82, 2.24) is 0 Å². The van der Waals surface area contributed by atoms with Gasteiger partial charge in [0.05, 0.1) is 14.2 Å². The molecule has 4 rings (SSSR count). The smallest absolute Gasteiger partial charge is 0.163 e. The first kappa shape index (κ1) is 19.9. The second-order valence-electron chi connectivity index (χ2n) is 10.2. The predicted molar refractivity (Wildman–Crippen MR) is 115 cm³/mol. The Balaban J connectivity index is 2.16. The molecule has 0 saturated carbocycles. The van der Waals surface area contributed by atoms with E-state index in [1.807, 2.05) is 13.8 Å². The summed E-state index contributed by atoms with van der Waals surface area (Å²) >= 11 is 0. The van der Waals surface area contributed by atoms with E-state index in [0.29, 0.717) is 11.5 Å². The Morgan fingerprint density at radius 1 is 0.724 bits per heavy atom. The molecule has 0 radical (unpaired) electrons. The molecule has 0 bridgehead atoms. The fourth-order valence-corrected chi connectivity index (χ4v) is 6.36. The summed E-state index contributed by atoms with van der Waals surface area (Å²) in [5.41, 5.74) is 5.14. The van der Waals surface area contributed by atoms with Crippen molar-refractivity contribution in [3.8, 4) is 23.0 Å². The van der Waals surface area contributed by atoms with Crippen molar-refractivity contribution in [3.63, 3.8) is 0 Å². The van der Waals surface area contributed by atoms with Gasteiger partial charge in [-0.15, -0.1) is 0 Å². The van der Waals surface area contributed by atoms with Gasteiger partial charge in [-0.2, -0.15) is 0 Å². The van der Waals surface area contributed by atoms with E-state index < -0.39 is 5.41 Å². The van der Waals surface area contributed by atoms with Crippen molar-refractivity contribution in [1.29, 1.82) is 0 Å². The van der Waals surface area contributed by atoms with Crippen LogP contribution in [0.3, 0.4) is 0 Å². The third-order valence-electron chi connectivity index (χ3n) is 7.19. The largest absolute Gasteiger partial charge is 0.504 e. The number of aryl methyl sites for hydroxylation is 2. The van der Waals surface area contributed by atoms with E-state index >= 15 is 0 Å². The number of fused-ring (bicyclic) bond motifs is 4. The zero-order chi connectivity index (χ0) is 21.5. The molecule has 2 aliphatic carbocycles. The van der Waals surface area contributed by atoms with Crippen molar-refractivity contribution < 1.29 is 19.7 Å². The number of hydrogen-bond donors (Lipinski definition) is 2. The Morgan fingerprint density at radius 3 is 1.38 bits per heavy atom. The summed E-state index contributed by atoms with van der Waals surface area (Å²) in [5, 5.41) is 22.8. The zero-order valence-electron chi connectivity index (χ0n) is 18.8. The van der Waals surface area contributed by atoms with E-state index in [-0.39, 0.29) is 22.3 Å². The molecule has 0 aromatic heterocycles. The lowest BCUT2D eigenvalue weighted by Gasteiger charge is -2.31. The first-order valence-electron chi connectivity index (χ1n) is 10.2. The minimum Gasteiger partial charge on any atom is -0.504 e. The van der Waals surface area contributed by atoms with Gasteiger partial charge in [0.2, 0.25) is 0 Å². The molecular formula is C25H32O4. The molecule has 0 aliphatic heterocycles. The lowest BCUT2D eigenvalue weighted by atomic mass is 9.72. The number of phenols is 2. The number of benzene rings is 2. The topological polar surface area (TPSA) is 58.9 Å². The maximum Gasteiger partial charge on any atom is 0.163 e. The van der Waals surface area contributed by atoms with Crippen LogP contribution in [0.2, 0.25) is 0 Å². The number of phenolic OH excluding ortho intramolecular Hbond substituents is 2. The van der Waals surface area contributed by atoms with E-state index in [9.17, 15) is 10.2 Å². The lowest BCUT2D eigenvalue weighted by Crippen LogP contribution is -2.27. The van der Waals surface area contributed by atoms with Crippen LogP contribution in [0.25, 0.3) is 0 Å². The van der Waals surface area contributed by atoms with E-state index in [1.165, 1.54) is 0 Å². The van der Waals surface area contributed by atoms with Gasteiger partial charge in [-0.05, 0) is 59.8 Å². The molecule has 4 nitrogen and oxygen atoms in total. The number of rotatable bonds is 2. The van der Waals surface area contributed by atoms with Crippen molar-refractivity contribution in [2.45, 2.75) is 70.6 Å². The van der Waals surface area contributed by atoms with Crippen molar-refractivity contribution in [2.24, 2.45) is 0 Å². The molecule has 0 amide bonds. The van der Waals surface area contributed by atoms with Crippen LogP contribution < -0.4 is 9.47 Å². The monoisotopic (exact) mass is 396 g/mol. The van der Waals surface area contributed by atoms with Crippen LogP contribution in [-0.4, -0.2) is 24.4 Å². The summed E-state index contributed by atoms with van der Waals surface area (Å²) < 4.78 is 11.1. The molecule has 29 heavy (non-hydrogen) atoms. The minimum absolute atomic E-state index is 0.147. The highest BCUT2D eigenvalue weighted by molar-refractivity contribution is 5.72. The van der Waals surface area contributed by atoms with Crippen LogP contribution in [0.4, 0.5) is 0 Å². The molecule has 2 aromatic carbocycles. The Morgan fingerprint density at radius 2 is 1.07 bits per heavy atom. The maximum absolute atomic E-state index is 11.4. The number of ether oxygens (including phenoxy) is 2. The summed E-state index contributed by atoms with van der Waals surface area (Å²) in [5.74, 6) is 1.45. The van der Waals surface area contributed by atoms with Crippen molar-refractivity contribution in [2.75, 3.05) is 14.2 Å². The fourth-order valence-electron chi connectivity index (χ4n) is 6.36. The Kier molecular flexibility index (Phi) is 4.01. The van der Waals surface area contributed by atoms with Gasteiger partial charge in [-0.25, -0.2) is 0 Å². The first-order valence-corrected chi connectivity index (χ1v) is 10.2. The normalized spacial score (nSPS) is 19.9. The first-order chi connectivity index (χ1) is 13.4. The highest BCUT2D eigenvalue weighted by Crippen LogP contribution is 2.68. The summed E-state index contributed by atoms with van der Waals surface area (Å²) in [6, 6.07) is 4.30.